The lowest BCUT2D eigenvalue weighted by Gasteiger charge is -2.39. The van der Waals surface area contributed by atoms with Crippen LogP contribution in [0.1, 0.15) is 51.9 Å². The molecule has 3 heteroatoms. The van der Waals surface area contributed by atoms with Crippen molar-refractivity contribution in [2.45, 2.75) is 57.9 Å². The van der Waals surface area contributed by atoms with Crippen LogP contribution < -0.4 is 10.1 Å². The second-order valence-corrected chi connectivity index (χ2v) is 6.94. The Kier molecular flexibility index (Phi) is 4.95. The molecular weight excluding hydrogens is 282 g/mol. The van der Waals surface area contributed by atoms with Gasteiger partial charge in [0.15, 0.2) is 0 Å². The summed E-state index contributed by atoms with van der Waals surface area (Å²) in [4.78, 5) is 0. The second-order valence-electron chi connectivity index (χ2n) is 6.54. The highest BCUT2D eigenvalue weighted by Gasteiger charge is 2.32. The maximum Gasteiger partial charge on any atom is 0.138 e. The summed E-state index contributed by atoms with van der Waals surface area (Å²) in [5.74, 6) is 2.73. The van der Waals surface area contributed by atoms with E-state index < -0.39 is 0 Å². The molecule has 3 unspecified atom stereocenters. The highest BCUT2D eigenvalue weighted by molar-refractivity contribution is 6.32. The zero-order valence-electron chi connectivity index (χ0n) is 12.9. The van der Waals surface area contributed by atoms with Gasteiger partial charge in [-0.3, -0.25) is 0 Å². The molecule has 3 atom stereocenters. The maximum absolute atomic E-state index is 6.27. The zero-order chi connectivity index (χ0) is 14.7. The molecule has 1 aromatic carbocycles. The van der Waals surface area contributed by atoms with E-state index in [0.29, 0.717) is 17.7 Å². The van der Waals surface area contributed by atoms with Crippen LogP contribution in [0.3, 0.4) is 0 Å². The molecule has 1 aromatic rings. The Labute approximate surface area is 133 Å². The van der Waals surface area contributed by atoms with Gasteiger partial charge in [0.1, 0.15) is 5.75 Å². The van der Waals surface area contributed by atoms with Crippen LogP contribution in [0.15, 0.2) is 18.2 Å². The Bertz CT molecular complexity index is 476. The van der Waals surface area contributed by atoms with Crippen LogP contribution in [0.2, 0.25) is 5.02 Å². The van der Waals surface area contributed by atoms with Gasteiger partial charge in [0, 0.05) is 11.7 Å². The smallest absolute Gasteiger partial charge is 0.138 e. The van der Waals surface area contributed by atoms with E-state index in [-0.39, 0.29) is 0 Å². The van der Waals surface area contributed by atoms with Gasteiger partial charge in [-0.1, -0.05) is 37.3 Å². The molecule has 2 saturated carbocycles. The lowest BCUT2D eigenvalue weighted by molar-refractivity contribution is 0.162. The molecule has 21 heavy (non-hydrogen) atoms. The topological polar surface area (TPSA) is 21.3 Å². The molecule has 2 nitrogen and oxygen atoms in total. The third-order valence-electron chi connectivity index (χ3n) is 5.14. The average molecular weight is 308 g/mol. The van der Waals surface area contributed by atoms with Gasteiger partial charge in [0.2, 0.25) is 0 Å². The number of fused-ring (bicyclic) bond motifs is 1. The van der Waals surface area contributed by atoms with Crippen LogP contribution in [0.5, 0.6) is 5.75 Å². The van der Waals surface area contributed by atoms with Crippen LogP contribution in [-0.4, -0.2) is 12.6 Å². The minimum absolute atomic E-state index is 0.610. The molecule has 0 spiro atoms. The van der Waals surface area contributed by atoms with Gasteiger partial charge in [-0.25, -0.2) is 0 Å². The van der Waals surface area contributed by atoms with E-state index in [1.807, 2.05) is 19.1 Å². The third kappa shape index (κ3) is 3.66. The molecule has 1 N–H and O–H groups in total. The van der Waals surface area contributed by atoms with Crippen LogP contribution >= 0.6 is 11.6 Å². The van der Waals surface area contributed by atoms with Crippen molar-refractivity contribution in [1.29, 1.82) is 0 Å². The average Bonchev–Trinajstić information content (AvgIpc) is 2.50. The standard InChI is InChI=1S/C18H26ClNO/c1-2-21-18-10-9-16(12-17(18)19)20-15-8-7-13-5-3-4-6-14(13)11-15/h9-10,12-15,20H,2-8,11H2,1H3. The molecule has 116 valence electrons. The van der Waals surface area contributed by atoms with Gasteiger partial charge in [-0.2, -0.15) is 0 Å². The Morgan fingerprint density at radius 1 is 1.14 bits per heavy atom. The number of halogens is 1. The number of anilines is 1. The van der Waals surface area contributed by atoms with Crippen LogP contribution in [0.25, 0.3) is 0 Å². The zero-order valence-corrected chi connectivity index (χ0v) is 13.7. The van der Waals surface area contributed by atoms with Gasteiger partial charge in [-0.15, -0.1) is 0 Å². The third-order valence-corrected chi connectivity index (χ3v) is 5.44. The van der Waals surface area contributed by atoms with Gasteiger partial charge in [0.05, 0.1) is 11.6 Å². The molecule has 0 aromatic heterocycles. The molecule has 2 aliphatic rings. The molecule has 2 aliphatic carbocycles. The highest BCUT2D eigenvalue weighted by Crippen LogP contribution is 2.41. The van der Waals surface area contributed by atoms with E-state index in [2.05, 4.69) is 11.4 Å². The SMILES string of the molecule is CCOc1ccc(NC2CCC3CCCCC3C2)cc1Cl. The fourth-order valence-corrected chi connectivity index (χ4v) is 4.34. The van der Waals surface area contributed by atoms with Crippen molar-refractivity contribution in [3.05, 3.63) is 23.2 Å². The summed E-state index contributed by atoms with van der Waals surface area (Å²) >= 11 is 6.27. The second kappa shape index (κ2) is 6.91. The minimum Gasteiger partial charge on any atom is -0.492 e. The first-order chi connectivity index (χ1) is 10.3. The Morgan fingerprint density at radius 2 is 1.95 bits per heavy atom. The fraction of sp³-hybridized carbons (Fsp3) is 0.667. The molecule has 0 amide bonds. The van der Waals surface area contributed by atoms with E-state index >= 15 is 0 Å². The van der Waals surface area contributed by atoms with E-state index in [1.54, 1.807) is 0 Å². The quantitative estimate of drug-likeness (QED) is 0.792. The first kappa shape index (κ1) is 15.0. The summed E-state index contributed by atoms with van der Waals surface area (Å²) in [6, 6.07) is 6.67. The molecule has 0 bridgehead atoms. The number of nitrogens with one attached hydrogen (secondary N) is 1. The molecule has 0 saturated heterocycles. The summed E-state index contributed by atoms with van der Waals surface area (Å²) in [5.41, 5.74) is 1.13. The Hall–Kier alpha value is -0.890. The predicted molar refractivity (Wildman–Crippen MR) is 89.3 cm³/mol. The monoisotopic (exact) mass is 307 g/mol. The number of ether oxygens (including phenoxy) is 1. The summed E-state index contributed by atoms with van der Waals surface area (Å²) in [7, 11) is 0. The Morgan fingerprint density at radius 3 is 2.71 bits per heavy atom. The highest BCUT2D eigenvalue weighted by atomic mass is 35.5. The molecule has 0 aliphatic heterocycles. The van der Waals surface area contributed by atoms with Crippen molar-refractivity contribution in [3.63, 3.8) is 0 Å². The number of hydrogen-bond acceptors (Lipinski definition) is 2. The van der Waals surface area contributed by atoms with Crippen molar-refractivity contribution < 1.29 is 4.74 Å². The molecule has 0 radical (unpaired) electrons. The van der Waals surface area contributed by atoms with Crippen molar-refractivity contribution in [3.8, 4) is 5.75 Å². The van der Waals surface area contributed by atoms with Crippen LogP contribution in [0.4, 0.5) is 5.69 Å². The summed E-state index contributed by atoms with van der Waals surface area (Å²) in [6.07, 6.45) is 9.81. The van der Waals surface area contributed by atoms with E-state index in [1.165, 1.54) is 44.9 Å². The molecular formula is C18H26ClNO. The fourth-order valence-electron chi connectivity index (χ4n) is 4.10. The van der Waals surface area contributed by atoms with Crippen molar-refractivity contribution >= 4 is 17.3 Å². The normalized spacial score (nSPS) is 28.8. The summed E-state index contributed by atoms with van der Waals surface area (Å²) < 4.78 is 5.49. The maximum atomic E-state index is 6.27. The molecule has 3 rings (SSSR count). The minimum atomic E-state index is 0.610. The molecule has 0 heterocycles. The number of benzene rings is 1. The number of rotatable bonds is 4. The first-order valence-corrected chi connectivity index (χ1v) is 8.83. The van der Waals surface area contributed by atoms with Gasteiger partial charge in [0.25, 0.3) is 0 Å². The summed E-state index contributed by atoms with van der Waals surface area (Å²) in [5, 5.41) is 4.39. The van der Waals surface area contributed by atoms with Crippen LogP contribution in [0, 0.1) is 11.8 Å². The first-order valence-electron chi connectivity index (χ1n) is 8.45. The number of hydrogen-bond donors (Lipinski definition) is 1. The van der Waals surface area contributed by atoms with E-state index in [9.17, 15) is 0 Å². The molecule has 2 fully saturated rings. The van der Waals surface area contributed by atoms with Crippen molar-refractivity contribution in [1.82, 2.24) is 0 Å². The van der Waals surface area contributed by atoms with Crippen molar-refractivity contribution in [2.75, 3.05) is 11.9 Å². The summed E-state index contributed by atoms with van der Waals surface area (Å²) in [6.45, 7) is 2.63. The van der Waals surface area contributed by atoms with E-state index in [0.717, 1.165) is 23.3 Å². The lowest BCUT2D eigenvalue weighted by atomic mass is 9.69. The largest absolute Gasteiger partial charge is 0.492 e. The predicted octanol–water partition coefficient (Wildman–Crippen LogP) is 5.51. The van der Waals surface area contributed by atoms with Crippen LogP contribution in [-0.2, 0) is 0 Å². The lowest BCUT2D eigenvalue weighted by Crippen LogP contribution is -2.34. The van der Waals surface area contributed by atoms with Gasteiger partial charge >= 0.3 is 0 Å². The van der Waals surface area contributed by atoms with Crippen molar-refractivity contribution in [2.24, 2.45) is 11.8 Å². The van der Waals surface area contributed by atoms with Gasteiger partial charge in [-0.05, 0) is 56.2 Å². The Balaban J connectivity index is 1.60. The van der Waals surface area contributed by atoms with E-state index in [4.69, 9.17) is 16.3 Å². The van der Waals surface area contributed by atoms with Gasteiger partial charge < -0.3 is 10.1 Å².